The van der Waals surface area contributed by atoms with Crippen molar-refractivity contribution >= 4 is 70.9 Å². The number of aliphatic hydroxyl groups is 2. The summed E-state index contributed by atoms with van der Waals surface area (Å²) in [5, 5.41) is 49.4. The molecule has 1 spiro atoms. The number of nitrogens with two attached hydrogens (primary N) is 1. The van der Waals surface area contributed by atoms with Crippen LogP contribution >= 0.6 is 0 Å². The van der Waals surface area contributed by atoms with Gasteiger partial charge in [-0.2, -0.15) is 0 Å². The number of hydrogen-bond acceptors (Lipinski definition) is 16. The maximum atomic E-state index is 14.4. The number of ether oxygens (including phenoxy) is 1. The van der Waals surface area contributed by atoms with Crippen molar-refractivity contribution in [3.63, 3.8) is 0 Å². The molecule has 0 aromatic heterocycles. The van der Waals surface area contributed by atoms with E-state index in [2.05, 4.69) is 58.5 Å². The standard InChI is InChI=1S/C57H92N12O15/c1-12-29(5)41(64-47(74)36(59-11)22-21-35-19-17-16-18-20-35)51(78)62-38(27-70)49(76)61-37(23-24-40(58)72)48(75)65-43(31(7)14-3)53(80)66-42(30(6)13-2)52(79)63-39(28-71)50(77)67-45-34(10)84-55(82)44(32(8)15-4)68-56(83)57(25-26-57)69-46(73)33(9)60-54(45)81/h16-20,29-34,36-39,41-45,59,70-71H,12-15,21-28H2,1-11H3,(H2,58,72)(H,60,81)(H,61,76)(H,62,78)(H,63,79)(H,64,74)(H,65,75)(H,66,80)(H,67,77)(H,68,83)(H,69,73)/t29-,30-,31-,32-,33-,34-,36+,37+,38-,39-,41-,42-,43+,44-,45+/m0/s1. The van der Waals surface area contributed by atoms with E-state index in [0.717, 1.165) is 5.56 Å². The average Bonchev–Trinajstić information content (AvgIpc) is 2.41. The third-order valence-corrected chi connectivity index (χ3v) is 16.0. The van der Waals surface area contributed by atoms with Gasteiger partial charge in [-0.15, -0.1) is 0 Å². The lowest BCUT2D eigenvalue weighted by atomic mass is 9.94. The predicted molar refractivity (Wildman–Crippen MR) is 307 cm³/mol. The number of aliphatic hydroxyl groups excluding tert-OH is 2. The molecule has 1 saturated heterocycles. The van der Waals surface area contributed by atoms with Gasteiger partial charge in [0.1, 0.15) is 66.0 Å². The van der Waals surface area contributed by atoms with Crippen LogP contribution in [0.5, 0.6) is 0 Å². The molecule has 15 atom stereocenters. The first-order valence-corrected chi connectivity index (χ1v) is 29.1. The van der Waals surface area contributed by atoms with E-state index in [9.17, 15) is 67.7 Å². The lowest BCUT2D eigenvalue weighted by Gasteiger charge is -2.31. The van der Waals surface area contributed by atoms with Crippen LogP contribution in [0.1, 0.15) is 133 Å². The highest BCUT2D eigenvalue weighted by Gasteiger charge is 2.53. The van der Waals surface area contributed by atoms with E-state index in [1.807, 2.05) is 30.3 Å². The lowest BCUT2D eigenvalue weighted by Crippen LogP contribution is -2.63. The lowest BCUT2D eigenvalue weighted by molar-refractivity contribution is -0.157. The summed E-state index contributed by atoms with van der Waals surface area (Å²) in [5.74, 6) is -12.6. The van der Waals surface area contributed by atoms with E-state index in [1.165, 1.54) is 13.8 Å². The molecular formula is C57H92N12O15. The van der Waals surface area contributed by atoms with Gasteiger partial charge in [-0.25, -0.2) is 4.79 Å². The van der Waals surface area contributed by atoms with Crippen molar-refractivity contribution in [2.24, 2.45) is 29.4 Å². The summed E-state index contributed by atoms with van der Waals surface area (Å²) < 4.78 is 5.68. The minimum Gasteiger partial charge on any atom is -0.458 e. The zero-order valence-corrected chi connectivity index (χ0v) is 50.3. The van der Waals surface area contributed by atoms with Crippen LogP contribution in [0.25, 0.3) is 0 Å². The number of rotatable bonds is 31. The molecule has 1 aliphatic heterocycles. The molecule has 0 bridgehead atoms. The van der Waals surface area contributed by atoms with Crippen molar-refractivity contribution in [2.75, 3.05) is 20.3 Å². The Bertz CT molecular complexity index is 2460. The molecule has 0 radical (unpaired) electrons. The maximum absolute atomic E-state index is 14.4. The number of carbonyl (C=O) groups excluding carboxylic acids is 12. The van der Waals surface area contributed by atoms with Crippen molar-refractivity contribution in [2.45, 2.75) is 206 Å². The Morgan fingerprint density at radius 1 is 0.619 bits per heavy atom. The van der Waals surface area contributed by atoms with Gasteiger partial charge in [-0.3, -0.25) is 52.7 Å². The Morgan fingerprint density at radius 3 is 1.55 bits per heavy atom. The summed E-state index contributed by atoms with van der Waals surface area (Å²) in [5.41, 5.74) is 5.15. The largest absolute Gasteiger partial charge is 0.458 e. The highest BCUT2D eigenvalue weighted by atomic mass is 16.5. The normalized spacial score (nSPS) is 21.8. The fraction of sp³-hybridized carbons (Fsp3) is 0.684. The van der Waals surface area contributed by atoms with Gasteiger partial charge in [0.05, 0.1) is 19.3 Å². The van der Waals surface area contributed by atoms with Crippen LogP contribution in [0.3, 0.4) is 0 Å². The van der Waals surface area contributed by atoms with E-state index in [-0.39, 0.29) is 25.7 Å². The van der Waals surface area contributed by atoms with E-state index in [1.54, 1.807) is 62.4 Å². The second kappa shape index (κ2) is 33.9. The van der Waals surface area contributed by atoms with Gasteiger partial charge in [0.2, 0.25) is 65.0 Å². The van der Waals surface area contributed by atoms with E-state index in [4.69, 9.17) is 10.5 Å². The van der Waals surface area contributed by atoms with Gasteiger partial charge in [0.25, 0.3) is 0 Å². The van der Waals surface area contributed by atoms with Crippen LogP contribution < -0.4 is 64.2 Å². The number of hydrogen-bond donors (Lipinski definition) is 14. The molecule has 1 saturated carbocycles. The highest BCUT2D eigenvalue weighted by molar-refractivity contribution is 6.01. The minimum atomic E-state index is -1.79. The van der Waals surface area contributed by atoms with E-state index in [0.29, 0.717) is 25.7 Å². The second-order valence-electron chi connectivity index (χ2n) is 22.3. The van der Waals surface area contributed by atoms with Gasteiger partial charge >= 0.3 is 5.97 Å². The molecule has 2 aliphatic rings. The van der Waals surface area contributed by atoms with Gasteiger partial charge < -0.3 is 79.2 Å². The number of nitrogens with one attached hydrogen (secondary N) is 11. The number of benzene rings is 1. The van der Waals surface area contributed by atoms with E-state index >= 15 is 0 Å². The minimum absolute atomic E-state index is 0.268. The highest BCUT2D eigenvalue weighted by Crippen LogP contribution is 2.36. The summed E-state index contributed by atoms with van der Waals surface area (Å²) in [6.45, 7) is 14.3. The molecule has 1 heterocycles. The number of amides is 11. The molecule has 3 rings (SSSR count). The van der Waals surface area contributed by atoms with Gasteiger partial charge in [0, 0.05) is 6.42 Å². The Morgan fingerprint density at radius 2 is 1.08 bits per heavy atom. The summed E-state index contributed by atoms with van der Waals surface area (Å²) in [6, 6.07) is -4.44. The van der Waals surface area contributed by atoms with Crippen LogP contribution in [0.2, 0.25) is 0 Å². The first-order chi connectivity index (χ1) is 39.6. The molecular weight excluding hydrogens is 1090 g/mol. The fourth-order valence-corrected chi connectivity index (χ4v) is 9.13. The molecule has 27 heteroatoms. The van der Waals surface area contributed by atoms with Crippen LogP contribution in [0.15, 0.2) is 30.3 Å². The molecule has 1 aromatic carbocycles. The van der Waals surface area contributed by atoms with Gasteiger partial charge in [-0.05, 0) is 82.2 Å². The Balaban J connectivity index is 1.83. The van der Waals surface area contributed by atoms with Crippen LogP contribution in [-0.2, 0) is 68.7 Å². The maximum Gasteiger partial charge on any atom is 0.329 e. The van der Waals surface area contributed by atoms with Crippen molar-refractivity contribution in [1.29, 1.82) is 0 Å². The quantitative estimate of drug-likeness (QED) is 0.0345. The molecule has 15 N–H and O–H groups in total. The number of primary amides is 1. The number of likely N-dealkylation sites (N-methyl/N-ethyl adjacent to an activating group) is 1. The molecule has 470 valence electrons. The number of aryl methyl sites for hydroxylation is 1. The van der Waals surface area contributed by atoms with Crippen LogP contribution in [-0.4, -0.2) is 173 Å². The number of carbonyl (C=O) groups is 12. The van der Waals surface area contributed by atoms with Crippen molar-refractivity contribution in [1.82, 2.24) is 58.5 Å². The summed E-state index contributed by atoms with van der Waals surface area (Å²) in [4.78, 5) is 164. The predicted octanol–water partition coefficient (Wildman–Crippen LogP) is -2.38. The van der Waals surface area contributed by atoms with Gasteiger partial charge in [0.15, 0.2) is 0 Å². The molecule has 0 unspecified atom stereocenters. The van der Waals surface area contributed by atoms with E-state index < -0.39 is 193 Å². The SMILES string of the molecule is CC[C@H](C)[C@H](NC(=O)[C@@H](CCc1ccccc1)NC)C(=O)N[C@@H](CO)C(=O)N[C@H](CCC(N)=O)C(=O)N[C@@H](C(=O)N[C@H](C(=O)N[C@@H](CO)C(=O)N[C@H]1C(=O)N[C@@H](C)C(=O)NC2(CC2)C(=O)N[C@@H]([C@@H](C)CC)C(=O)O[C@H]1C)[C@@H](C)CC)[C@@H](C)CC. The third kappa shape index (κ3) is 20.5. The number of cyclic esters (lactones) is 1. The Labute approximate surface area is 491 Å². The summed E-state index contributed by atoms with van der Waals surface area (Å²) in [7, 11) is 1.61. The Hall–Kier alpha value is -7.26. The zero-order chi connectivity index (χ0) is 63.2. The summed E-state index contributed by atoms with van der Waals surface area (Å²) >= 11 is 0. The summed E-state index contributed by atoms with van der Waals surface area (Å²) in [6.07, 6.45) is 0.645. The zero-order valence-electron chi connectivity index (χ0n) is 50.3. The van der Waals surface area contributed by atoms with Crippen LogP contribution in [0, 0.1) is 23.7 Å². The monoisotopic (exact) mass is 1180 g/mol. The Kier molecular flexibility index (Phi) is 28.6. The molecule has 11 amide bonds. The smallest absolute Gasteiger partial charge is 0.329 e. The fourth-order valence-electron chi connectivity index (χ4n) is 9.13. The second-order valence-corrected chi connectivity index (χ2v) is 22.3. The first-order valence-electron chi connectivity index (χ1n) is 29.1. The van der Waals surface area contributed by atoms with Crippen LogP contribution in [0.4, 0.5) is 0 Å². The molecule has 2 fully saturated rings. The first kappa shape index (κ1) is 71.0. The third-order valence-electron chi connectivity index (χ3n) is 16.0. The number of esters is 1. The molecule has 27 nitrogen and oxygen atoms in total. The molecule has 1 aromatic rings. The van der Waals surface area contributed by atoms with Gasteiger partial charge in [-0.1, -0.05) is 111 Å². The molecule has 1 aliphatic carbocycles. The molecule has 84 heavy (non-hydrogen) atoms. The van der Waals surface area contributed by atoms with Crippen molar-refractivity contribution < 1.29 is 72.5 Å². The topological polar surface area (TPSA) is 413 Å². The van der Waals surface area contributed by atoms with Crippen molar-refractivity contribution in [3.8, 4) is 0 Å². The van der Waals surface area contributed by atoms with Crippen molar-refractivity contribution in [3.05, 3.63) is 35.9 Å². The average molecular weight is 1190 g/mol.